The number of hydrogen-bond donors (Lipinski definition) is 0. The van der Waals surface area contributed by atoms with Crippen molar-refractivity contribution in [1.29, 1.82) is 0 Å². The number of halogens is 1. The van der Waals surface area contributed by atoms with E-state index in [1.807, 2.05) is 48.7 Å². The highest BCUT2D eigenvalue weighted by Crippen LogP contribution is 2.27. The lowest BCUT2D eigenvalue weighted by atomic mass is 10.2. The van der Waals surface area contributed by atoms with Gasteiger partial charge in [0.05, 0.1) is 22.9 Å². The second-order valence-corrected chi connectivity index (χ2v) is 7.15. The van der Waals surface area contributed by atoms with Gasteiger partial charge in [0.15, 0.2) is 0 Å². The van der Waals surface area contributed by atoms with Gasteiger partial charge in [-0.15, -0.1) is 0 Å². The van der Waals surface area contributed by atoms with E-state index in [1.165, 1.54) is 5.56 Å². The van der Waals surface area contributed by atoms with E-state index >= 15 is 0 Å². The van der Waals surface area contributed by atoms with Crippen molar-refractivity contribution in [1.82, 2.24) is 9.38 Å². The minimum atomic E-state index is 0.134. The average molecular weight is 403 g/mol. The van der Waals surface area contributed by atoms with Crippen molar-refractivity contribution in [3.63, 3.8) is 0 Å². The quantitative estimate of drug-likeness (QED) is 0.495. The standard InChI is InChI=1S/C20H23BrN2O2/c1-15(2)25-19-11-20-22-17(12-23(20)13-18(19)21)9-6-10-24-14-16-7-4-3-5-8-16/h3-5,7-8,11-13,15H,6,9-10,14H2,1-2H3. The number of nitrogens with zero attached hydrogens (tertiary/aromatic N) is 2. The molecule has 0 spiro atoms. The van der Waals surface area contributed by atoms with Crippen LogP contribution < -0.4 is 4.74 Å². The van der Waals surface area contributed by atoms with Crippen LogP contribution >= 0.6 is 15.9 Å². The van der Waals surface area contributed by atoms with Crippen LogP contribution in [0, 0.1) is 0 Å². The van der Waals surface area contributed by atoms with Gasteiger partial charge >= 0.3 is 0 Å². The number of ether oxygens (including phenoxy) is 2. The molecule has 1 aromatic carbocycles. The maximum absolute atomic E-state index is 5.80. The zero-order valence-electron chi connectivity index (χ0n) is 14.6. The van der Waals surface area contributed by atoms with Crippen LogP contribution in [-0.4, -0.2) is 22.1 Å². The fraction of sp³-hybridized carbons (Fsp3) is 0.350. The number of pyridine rings is 1. The highest BCUT2D eigenvalue weighted by molar-refractivity contribution is 9.10. The van der Waals surface area contributed by atoms with E-state index in [0.717, 1.165) is 41.0 Å². The summed E-state index contributed by atoms with van der Waals surface area (Å²) in [4.78, 5) is 4.68. The summed E-state index contributed by atoms with van der Waals surface area (Å²) in [7, 11) is 0. The van der Waals surface area contributed by atoms with Crippen LogP contribution in [0.15, 0.2) is 53.3 Å². The van der Waals surface area contributed by atoms with Crippen LogP contribution in [-0.2, 0) is 17.8 Å². The Kier molecular flexibility index (Phi) is 6.10. The highest BCUT2D eigenvalue weighted by Gasteiger charge is 2.09. The zero-order chi connectivity index (χ0) is 17.6. The van der Waals surface area contributed by atoms with Crippen molar-refractivity contribution in [2.75, 3.05) is 6.61 Å². The van der Waals surface area contributed by atoms with Gasteiger partial charge < -0.3 is 13.9 Å². The Bertz CT molecular complexity index is 815. The number of imidazole rings is 1. The number of hydrogen-bond acceptors (Lipinski definition) is 3. The first-order valence-electron chi connectivity index (χ1n) is 8.57. The Morgan fingerprint density at radius 1 is 1.16 bits per heavy atom. The summed E-state index contributed by atoms with van der Waals surface area (Å²) in [5.41, 5.74) is 3.17. The fourth-order valence-corrected chi connectivity index (χ4v) is 3.06. The molecule has 0 radical (unpaired) electrons. The third kappa shape index (κ3) is 5.06. The van der Waals surface area contributed by atoms with E-state index in [0.29, 0.717) is 6.61 Å². The maximum atomic E-state index is 5.80. The summed E-state index contributed by atoms with van der Waals surface area (Å²) in [5, 5.41) is 0. The van der Waals surface area contributed by atoms with E-state index in [2.05, 4.69) is 39.2 Å². The van der Waals surface area contributed by atoms with Gasteiger partial charge in [-0.25, -0.2) is 4.98 Å². The minimum Gasteiger partial charge on any atom is -0.490 e. The molecular formula is C20H23BrN2O2. The third-order valence-electron chi connectivity index (χ3n) is 3.75. The Labute approximate surface area is 156 Å². The molecule has 132 valence electrons. The molecule has 25 heavy (non-hydrogen) atoms. The molecule has 5 heteroatoms. The summed E-state index contributed by atoms with van der Waals surface area (Å²) in [6.45, 7) is 5.43. The Balaban J connectivity index is 1.53. The van der Waals surface area contributed by atoms with Gasteiger partial charge in [-0.05, 0) is 48.2 Å². The second kappa shape index (κ2) is 8.50. The van der Waals surface area contributed by atoms with Gasteiger partial charge in [-0.2, -0.15) is 0 Å². The number of rotatable bonds is 8. The first kappa shape index (κ1) is 18.0. The molecule has 0 bridgehead atoms. The second-order valence-electron chi connectivity index (χ2n) is 6.29. The first-order valence-corrected chi connectivity index (χ1v) is 9.36. The Hall–Kier alpha value is -1.85. The van der Waals surface area contributed by atoms with Gasteiger partial charge in [0.25, 0.3) is 0 Å². The lowest BCUT2D eigenvalue weighted by molar-refractivity contribution is 0.118. The highest BCUT2D eigenvalue weighted by atomic mass is 79.9. The molecule has 0 aliphatic rings. The predicted octanol–water partition coefficient (Wildman–Crippen LogP) is 5.03. The predicted molar refractivity (Wildman–Crippen MR) is 103 cm³/mol. The fourth-order valence-electron chi connectivity index (χ4n) is 2.63. The van der Waals surface area contributed by atoms with E-state index in [9.17, 15) is 0 Å². The molecule has 0 fully saturated rings. The lowest BCUT2D eigenvalue weighted by Crippen LogP contribution is -2.06. The third-order valence-corrected chi connectivity index (χ3v) is 4.35. The van der Waals surface area contributed by atoms with Crippen LogP contribution in [0.25, 0.3) is 5.65 Å². The summed E-state index contributed by atoms with van der Waals surface area (Å²) in [5.74, 6) is 0.825. The molecule has 2 aromatic heterocycles. The van der Waals surface area contributed by atoms with Crippen molar-refractivity contribution in [2.45, 2.75) is 39.4 Å². The van der Waals surface area contributed by atoms with Crippen molar-refractivity contribution < 1.29 is 9.47 Å². The van der Waals surface area contributed by atoms with Crippen molar-refractivity contribution in [2.24, 2.45) is 0 Å². The summed E-state index contributed by atoms with van der Waals surface area (Å²) in [6.07, 6.45) is 6.04. The van der Waals surface area contributed by atoms with Gasteiger partial charge in [0, 0.05) is 25.1 Å². The van der Waals surface area contributed by atoms with Crippen LogP contribution in [0.4, 0.5) is 0 Å². The van der Waals surface area contributed by atoms with Crippen LogP contribution in [0.3, 0.4) is 0 Å². The number of aromatic nitrogens is 2. The molecule has 4 nitrogen and oxygen atoms in total. The van der Waals surface area contributed by atoms with Crippen LogP contribution in [0.2, 0.25) is 0 Å². The van der Waals surface area contributed by atoms with E-state index in [1.54, 1.807) is 0 Å². The summed E-state index contributed by atoms with van der Waals surface area (Å²) in [6, 6.07) is 12.2. The Morgan fingerprint density at radius 2 is 1.96 bits per heavy atom. The maximum Gasteiger partial charge on any atom is 0.140 e. The molecule has 0 amide bonds. The van der Waals surface area contributed by atoms with Gasteiger partial charge in [-0.1, -0.05) is 30.3 Å². The van der Waals surface area contributed by atoms with Crippen LogP contribution in [0.5, 0.6) is 5.75 Å². The summed E-state index contributed by atoms with van der Waals surface area (Å²) >= 11 is 3.56. The molecule has 0 saturated heterocycles. The Morgan fingerprint density at radius 3 is 2.72 bits per heavy atom. The molecule has 3 rings (SSSR count). The van der Waals surface area contributed by atoms with Crippen molar-refractivity contribution in [3.8, 4) is 5.75 Å². The molecule has 0 atom stereocenters. The molecule has 0 saturated carbocycles. The van der Waals surface area contributed by atoms with E-state index in [4.69, 9.17) is 9.47 Å². The van der Waals surface area contributed by atoms with E-state index < -0.39 is 0 Å². The number of aryl methyl sites for hydroxylation is 1. The number of fused-ring (bicyclic) bond motifs is 1. The largest absolute Gasteiger partial charge is 0.490 e. The average Bonchev–Trinajstić information content (AvgIpc) is 2.97. The number of benzene rings is 1. The van der Waals surface area contributed by atoms with Crippen molar-refractivity contribution in [3.05, 3.63) is 64.5 Å². The zero-order valence-corrected chi connectivity index (χ0v) is 16.2. The topological polar surface area (TPSA) is 35.8 Å². The van der Waals surface area contributed by atoms with E-state index in [-0.39, 0.29) is 6.10 Å². The molecule has 2 heterocycles. The van der Waals surface area contributed by atoms with Crippen molar-refractivity contribution >= 4 is 21.6 Å². The minimum absolute atomic E-state index is 0.134. The SMILES string of the molecule is CC(C)Oc1cc2nc(CCCOCc3ccccc3)cn2cc1Br. The molecule has 0 aliphatic heterocycles. The first-order chi connectivity index (χ1) is 12.1. The molecule has 0 unspecified atom stereocenters. The molecule has 3 aromatic rings. The monoisotopic (exact) mass is 402 g/mol. The lowest BCUT2D eigenvalue weighted by Gasteiger charge is -2.11. The molecular weight excluding hydrogens is 380 g/mol. The molecule has 0 aliphatic carbocycles. The van der Waals surface area contributed by atoms with Gasteiger partial charge in [-0.3, -0.25) is 0 Å². The summed E-state index contributed by atoms with van der Waals surface area (Å²) < 4.78 is 14.5. The normalized spacial score (nSPS) is 11.4. The smallest absolute Gasteiger partial charge is 0.140 e. The van der Waals surface area contributed by atoms with Gasteiger partial charge in [0.1, 0.15) is 11.4 Å². The van der Waals surface area contributed by atoms with Gasteiger partial charge in [0.2, 0.25) is 0 Å². The van der Waals surface area contributed by atoms with Crippen LogP contribution in [0.1, 0.15) is 31.5 Å². The molecule has 0 N–H and O–H groups in total.